The van der Waals surface area contributed by atoms with E-state index in [4.69, 9.17) is 4.52 Å². The largest absolute Gasteiger partial charge is 0.412 e. The van der Waals surface area contributed by atoms with Gasteiger partial charge in [-0.3, -0.25) is 4.72 Å². The molecule has 1 heterocycles. The lowest BCUT2D eigenvalue weighted by atomic mass is 9.95. The molecule has 0 unspecified atom stereocenters. The zero-order valence-electron chi connectivity index (χ0n) is 21.0. The fraction of sp³-hybridized carbons (Fsp3) is 0.103. The van der Waals surface area contributed by atoms with E-state index in [1.807, 2.05) is 44.2 Å². The van der Waals surface area contributed by atoms with Gasteiger partial charge < -0.3 is 10.00 Å². The molecule has 0 aliphatic carbocycles. The number of hydrogen-bond acceptors (Lipinski definition) is 5. The highest BCUT2D eigenvalue weighted by Crippen LogP contribution is 2.31. The Labute approximate surface area is 220 Å². The average Bonchev–Trinajstić information content (AvgIpc) is 3.36. The topological polar surface area (TPSA) is 117 Å². The highest BCUT2D eigenvalue weighted by atomic mass is 32.2. The molecular weight excluding hydrogens is 505 g/mol. The van der Waals surface area contributed by atoms with E-state index in [1.54, 1.807) is 12.1 Å². The van der Waals surface area contributed by atoms with Crippen molar-refractivity contribution in [3.63, 3.8) is 0 Å². The Morgan fingerprint density at radius 1 is 0.789 bits per heavy atom. The van der Waals surface area contributed by atoms with Crippen molar-refractivity contribution in [2.24, 2.45) is 0 Å². The van der Waals surface area contributed by atoms with Crippen LogP contribution in [0.15, 0.2) is 94.3 Å². The minimum atomic E-state index is -3.93. The van der Waals surface area contributed by atoms with Crippen molar-refractivity contribution in [3.8, 4) is 34.0 Å². The number of benzene rings is 4. The van der Waals surface area contributed by atoms with Crippen LogP contribution >= 0.6 is 0 Å². The molecule has 38 heavy (non-hydrogen) atoms. The van der Waals surface area contributed by atoms with Crippen LogP contribution in [0.5, 0.6) is 0 Å². The first kappa shape index (κ1) is 26.7. The quantitative estimate of drug-likeness (QED) is 0.284. The number of rotatable bonds is 6. The first-order chi connectivity index (χ1) is 17.7. The maximum Gasteiger partial charge on any atom is 0.261 e. The van der Waals surface area contributed by atoms with Gasteiger partial charge in [-0.25, -0.2) is 12.8 Å². The van der Waals surface area contributed by atoms with Gasteiger partial charge in [0.15, 0.2) is 0 Å². The first-order valence-corrected chi connectivity index (χ1v) is 13.1. The van der Waals surface area contributed by atoms with Crippen molar-refractivity contribution in [3.05, 3.63) is 107 Å². The number of aryl methyl sites for hydroxylation is 3. The summed E-state index contributed by atoms with van der Waals surface area (Å²) in [5, 5.41) is 4.00. The van der Waals surface area contributed by atoms with E-state index >= 15 is 0 Å². The molecule has 9 heteroatoms. The smallest absolute Gasteiger partial charge is 0.261 e. The fourth-order valence-electron chi connectivity index (χ4n) is 4.09. The zero-order chi connectivity index (χ0) is 26.2. The van der Waals surface area contributed by atoms with E-state index in [-0.39, 0.29) is 21.9 Å². The second kappa shape index (κ2) is 10.6. The normalized spacial score (nSPS) is 11.2. The summed E-state index contributed by atoms with van der Waals surface area (Å²) in [5.74, 6) is -0.251. The molecule has 0 saturated heterocycles. The van der Waals surface area contributed by atoms with Crippen LogP contribution in [0.1, 0.15) is 16.7 Å². The van der Waals surface area contributed by atoms with Gasteiger partial charge in [0.25, 0.3) is 15.9 Å². The summed E-state index contributed by atoms with van der Waals surface area (Å²) >= 11 is 0. The molecule has 0 aliphatic rings. The van der Waals surface area contributed by atoms with Gasteiger partial charge in [-0.05, 0) is 85.5 Å². The highest BCUT2D eigenvalue weighted by molar-refractivity contribution is 7.92. The van der Waals surface area contributed by atoms with E-state index in [2.05, 4.69) is 33.9 Å². The van der Waals surface area contributed by atoms with E-state index in [9.17, 15) is 12.8 Å². The molecule has 4 aromatic carbocycles. The van der Waals surface area contributed by atoms with E-state index < -0.39 is 15.8 Å². The Morgan fingerprint density at radius 3 is 2.16 bits per heavy atom. The van der Waals surface area contributed by atoms with Gasteiger partial charge in [0.05, 0.1) is 10.6 Å². The number of anilines is 1. The standard InChI is InChI=1S/C29H24FN3O3S.H2O/c1-18-8-12-23(13-9-18)37(34,35)33-27-15-11-21(17-26(27)30)28-31-29(36-32-28)22-10-14-25(20(3)16-22)24-7-5-4-6-19(24)2;/h4-17,33H,1-3H3;1H2. The van der Waals surface area contributed by atoms with Crippen LogP contribution in [0.25, 0.3) is 34.0 Å². The summed E-state index contributed by atoms with van der Waals surface area (Å²) in [6, 6.07) is 24.4. The molecular formula is C29H26FN3O4S. The minimum Gasteiger partial charge on any atom is -0.412 e. The van der Waals surface area contributed by atoms with E-state index in [0.717, 1.165) is 27.8 Å². The molecule has 5 aromatic rings. The summed E-state index contributed by atoms with van der Waals surface area (Å²) < 4.78 is 47.8. The predicted molar refractivity (Wildman–Crippen MR) is 146 cm³/mol. The second-order valence-electron chi connectivity index (χ2n) is 8.88. The molecule has 5 rings (SSSR count). The molecule has 3 N–H and O–H groups in total. The number of nitrogens with one attached hydrogen (secondary N) is 1. The molecule has 0 aliphatic heterocycles. The van der Waals surface area contributed by atoms with E-state index in [1.165, 1.54) is 35.9 Å². The van der Waals surface area contributed by atoms with Gasteiger partial charge in [-0.15, -0.1) is 0 Å². The third-order valence-corrected chi connectivity index (χ3v) is 7.52. The molecule has 0 spiro atoms. The molecule has 1 aromatic heterocycles. The minimum absolute atomic E-state index is 0. The molecule has 0 fully saturated rings. The van der Waals surface area contributed by atoms with Gasteiger partial charge in [0.2, 0.25) is 5.82 Å². The monoisotopic (exact) mass is 531 g/mol. The highest BCUT2D eigenvalue weighted by Gasteiger charge is 2.18. The SMILES string of the molecule is Cc1ccc(S(=O)(=O)Nc2ccc(-c3noc(-c4ccc(-c5ccccc5C)c(C)c4)n3)cc2F)cc1.O. The number of nitrogens with zero attached hydrogens (tertiary/aromatic N) is 2. The molecule has 0 amide bonds. The molecule has 0 atom stereocenters. The molecule has 194 valence electrons. The maximum absolute atomic E-state index is 14.9. The Hall–Kier alpha value is -4.34. The molecule has 7 nitrogen and oxygen atoms in total. The van der Waals surface area contributed by atoms with E-state index in [0.29, 0.717) is 11.5 Å². The Morgan fingerprint density at radius 2 is 1.47 bits per heavy atom. The van der Waals surface area contributed by atoms with Crippen molar-refractivity contribution in [1.29, 1.82) is 0 Å². The van der Waals surface area contributed by atoms with Crippen molar-refractivity contribution in [2.45, 2.75) is 25.7 Å². The molecule has 0 radical (unpaired) electrons. The van der Waals surface area contributed by atoms with Crippen molar-refractivity contribution in [2.75, 3.05) is 4.72 Å². The summed E-state index contributed by atoms with van der Waals surface area (Å²) in [4.78, 5) is 4.48. The predicted octanol–water partition coefficient (Wildman–Crippen LogP) is 6.11. The van der Waals surface area contributed by atoms with Gasteiger partial charge in [-0.2, -0.15) is 4.98 Å². The van der Waals surface area contributed by atoms with Gasteiger partial charge >= 0.3 is 0 Å². The number of sulfonamides is 1. The lowest BCUT2D eigenvalue weighted by Crippen LogP contribution is -2.14. The van der Waals surface area contributed by atoms with Gasteiger partial charge in [-0.1, -0.05) is 53.2 Å². The number of aromatic nitrogens is 2. The lowest BCUT2D eigenvalue weighted by molar-refractivity contribution is 0.432. The second-order valence-corrected chi connectivity index (χ2v) is 10.6. The van der Waals surface area contributed by atoms with Crippen LogP contribution in [0, 0.1) is 26.6 Å². The van der Waals surface area contributed by atoms with Crippen molar-refractivity contribution < 1.29 is 22.8 Å². The van der Waals surface area contributed by atoms with Crippen LogP contribution < -0.4 is 4.72 Å². The van der Waals surface area contributed by atoms with Crippen LogP contribution in [0.4, 0.5) is 10.1 Å². The maximum atomic E-state index is 14.9. The summed E-state index contributed by atoms with van der Waals surface area (Å²) in [7, 11) is -3.93. The number of halogens is 1. The Kier molecular flexibility index (Phi) is 7.43. The van der Waals surface area contributed by atoms with Crippen LogP contribution in [-0.2, 0) is 10.0 Å². The van der Waals surface area contributed by atoms with Crippen molar-refractivity contribution >= 4 is 15.7 Å². The Balaban J connectivity index is 0.00000336. The lowest BCUT2D eigenvalue weighted by Gasteiger charge is -2.10. The Bertz CT molecular complexity index is 1710. The summed E-state index contributed by atoms with van der Waals surface area (Å²) in [6.07, 6.45) is 0. The van der Waals surface area contributed by atoms with Crippen LogP contribution in [0.2, 0.25) is 0 Å². The molecule has 0 bridgehead atoms. The molecule has 0 saturated carbocycles. The fourth-order valence-corrected chi connectivity index (χ4v) is 5.16. The number of hydrogen-bond donors (Lipinski definition) is 1. The summed E-state index contributed by atoms with van der Waals surface area (Å²) in [5.41, 5.74) is 6.38. The first-order valence-electron chi connectivity index (χ1n) is 11.6. The third kappa shape index (κ3) is 5.34. The van der Waals surface area contributed by atoms with Crippen LogP contribution in [0.3, 0.4) is 0 Å². The van der Waals surface area contributed by atoms with Crippen molar-refractivity contribution in [1.82, 2.24) is 10.1 Å². The van der Waals surface area contributed by atoms with Gasteiger partial charge in [0.1, 0.15) is 5.82 Å². The summed E-state index contributed by atoms with van der Waals surface area (Å²) in [6.45, 7) is 5.95. The zero-order valence-corrected chi connectivity index (χ0v) is 21.8. The third-order valence-electron chi connectivity index (χ3n) is 6.14. The van der Waals surface area contributed by atoms with Crippen LogP contribution in [-0.4, -0.2) is 24.0 Å². The van der Waals surface area contributed by atoms with Gasteiger partial charge in [0, 0.05) is 11.1 Å². The average molecular weight is 532 g/mol.